The number of amidine groups is 1. The third kappa shape index (κ3) is 3.55. The molecule has 4 fully saturated rings. The monoisotopic (exact) mass is 368 g/mol. The Labute approximate surface area is 160 Å². The SMILES string of the molecule is O=C(CN=C1NNC(C2CC(c3ccccc3)C2)O1)N1CCC2(CC1)CC2. The number of carbonyl (C=O) groups is 1. The van der Waals surface area contributed by atoms with Gasteiger partial charge in [0.25, 0.3) is 0 Å². The molecule has 2 heterocycles. The fourth-order valence-electron chi connectivity index (χ4n) is 4.66. The van der Waals surface area contributed by atoms with E-state index in [1.165, 1.54) is 18.4 Å². The van der Waals surface area contributed by atoms with E-state index in [2.05, 4.69) is 46.2 Å². The highest BCUT2D eigenvalue weighted by molar-refractivity contribution is 5.82. The largest absolute Gasteiger partial charge is 0.443 e. The van der Waals surface area contributed by atoms with E-state index >= 15 is 0 Å². The third-order valence-electron chi connectivity index (χ3n) is 6.93. The van der Waals surface area contributed by atoms with Gasteiger partial charge >= 0.3 is 6.02 Å². The van der Waals surface area contributed by atoms with E-state index in [0.717, 1.165) is 38.8 Å². The standard InChI is InChI=1S/C21H28N4O2/c26-18(25-10-8-21(6-7-21)9-11-25)14-22-20-24-23-19(27-20)17-12-16(13-17)15-4-2-1-3-5-15/h1-5,16-17,19,23H,6-14H2,(H,22,24). The smallest absolute Gasteiger partial charge is 0.301 e. The van der Waals surface area contributed by atoms with Gasteiger partial charge in [0, 0.05) is 19.0 Å². The molecule has 0 aromatic heterocycles. The van der Waals surface area contributed by atoms with Gasteiger partial charge in [-0.1, -0.05) is 30.3 Å². The first-order valence-corrected chi connectivity index (χ1v) is 10.3. The second-order valence-electron chi connectivity index (χ2n) is 8.65. The van der Waals surface area contributed by atoms with Crippen molar-refractivity contribution < 1.29 is 9.53 Å². The molecule has 2 N–H and O–H groups in total. The molecule has 1 aromatic carbocycles. The molecule has 2 aliphatic heterocycles. The van der Waals surface area contributed by atoms with E-state index in [0.29, 0.717) is 23.3 Å². The number of amides is 1. The molecule has 5 rings (SSSR count). The second kappa shape index (κ2) is 6.82. The first-order chi connectivity index (χ1) is 13.2. The molecule has 0 radical (unpaired) electrons. The van der Waals surface area contributed by atoms with Crippen LogP contribution in [-0.2, 0) is 9.53 Å². The van der Waals surface area contributed by atoms with Crippen molar-refractivity contribution in [1.82, 2.24) is 15.8 Å². The van der Waals surface area contributed by atoms with Crippen molar-refractivity contribution in [2.45, 2.75) is 50.7 Å². The molecule has 1 amide bonds. The first-order valence-electron chi connectivity index (χ1n) is 10.3. The predicted molar refractivity (Wildman–Crippen MR) is 103 cm³/mol. The van der Waals surface area contributed by atoms with Gasteiger partial charge in [0.1, 0.15) is 6.54 Å². The summed E-state index contributed by atoms with van der Waals surface area (Å²) in [6, 6.07) is 11.1. The van der Waals surface area contributed by atoms with Gasteiger partial charge in [-0.3, -0.25) is 10.2 Å². The Morgan fingerprint density at radius 2 is 1.89 bits per heavy atom. The zero-order valence-corrected chi connectivity index (χ0v) is 15.7. The molecule has 2 saturated carbocycles. The number of nitrogens with one attached hydrogen (secondary N) is 2. The molecule has 2 aliphatic carbocycles. The Bertz CT molecular complexity index is 715. The number of piperidine rings is 1. The highest BCUT2D eigenvalue weighted by atomic mass is 16.5. The third-order valence-corrected chi connectivity index (χ3v) is 6.93. The molecular weight excluding hydrogens is 340 g/mol. The number of nitrogens with zero attached hydrogens (tertiary/aromatic N) is 2. The van der Waals surface area contributed by atoms with Crippen molar-refractivity contribution in [2.24, 2.45) is 16.3 Å². The zero-order chi connectivity index (χ0) is 18.3. The van der Waals surface area contributed by atoms with Crippen LogP contribution < -0.4 is 10.9 Å². The number of benzene rings is 1. The number of rotatable bonds is 4. The Morgan fingerprint density at radius 3 is 2.59 bits per heavy atom. The van der Waals surface area contributed by atoms with Crippen LogP contribution in [0.15, 0.2) is 35.3 Å². The summed E-state index contributed by atoms with van der Waals surface area (Å²) >= 11 is 0. The van der Waals surface area contributed by atoms with Crippen molar-refractivity contribution in [3.63, 3.8) is 0 Å². The minimum absolute atomic E-state index is 0.0523. The Morgan fingerprint density at radius 1 is 1.15 bits per heavy atom. The van der Waals surface area contributed by atoms with Crippen LogP contribution in [0, 0.1) is 11.3 Å². The van der Waals surface area contributed by atoms with E-state index < -0.39 is 0 Å². The molecule has 4 aliphatic rings. The van der Waals surface area contributed by atoms with E-state index in [1.807, 2.05) is 4.90 Å². The number of aliphatic imine (C=N–C) groups is 1. The molecular formula is C21H28N4O2. The van der Waals surface area contributed by atoms with Crippen molar-refractivity contribution in [1.29, 1.82) is 0 Å². The quantitative estimate of drug-likeness (QED) is 0.856. The van der Waals surface area contributed by atoms with Gasteiger partial charge in [0.15, 0.2) is 6.23 Å². The summed E-state index contributed by atoms with van der Waals surface area (Å²) in [5, 5.41) is 0. The molecule has 1 unspecified atom stereocenters. The number of likely N-dealkylation sites (tertiary alicyclic amines) is 1. The number of hydrogen-bond donors (Lipinski definition) is 2. The van der Waals surface area contributed by atoms with Crippen LogP contribution >= 0.6 is 0 Å². The molecule has 6 heteroatoms. The summed E-state index contributed by atoms with van der Waals surface area (Å²) in [4.78, 5) is 18.7. The fourth-order valence-corrected chi connectivity index (χ4v) is 4.66. The molecule has 1 spiro atoms. The number of hydrazine groups is 1. The normalized spacial score (nSPS) is 32.7. The lowest BCUT2D eigenvalue weighted by Crippen LogP contribution is -2.42. The maximum atomic E-state index is 12.4. The molecule has 1 atom stereocenters. The Hall–Kier alpha value is -2.08. The first kappa shape index (κ1) is 17.0. The lowest BCUT2D eigenvalue weighted by Gasteiger charge is -2.37. The second-order valence-corrected chi connectivity index (χ2v) is 8.65. The van der Waals surface area contributed by atoms with Crippen LogP contribution in [0.2, 0.25) is 0 Å². The van der Waals surface area contributed by atoms with Crippen LogP contribution in [0.3, 0.4) is 0 Å². The lowest BCUT2D eigenvalue weighted by molar-refractivity contribution is -0.131. The number of carbonyl (C=O) groups excluding carboxylic acids is 1. The Balaban J connectivity index is 1.07. The van der Waals surface area contributed by atoms with Crippen molar-refractivity contribution in [3.8, 4) is 0 Å². The minimum Gasteiger partial charge on any atom is -0.443 e. The van der Waals surface area contributed by atoms with E-state index in [-0.39, 0.29) is 18.7 Å². The van der Waals surface area contributed by atoms with Crippen LogP contribution in [0.5, 0.6) is 0 Å². The summed E-state index contributed by atoms with van der Waals surface area (Å²) < 4.78 is 5.89. The van der Waals surface area contributed by atoms with E-state index in [4.69, 9.17) is 4.74 Å². The molecule has 27 heavy (non-hydrogen) atoms. The summed E-state index contributed by atoms with van der Waals surface area (Å²) in [6.45, 7) is 1.95. The van der Waals surface area contributed by atoms with Crippen molar-refractivity contribution in [3.05, 3.63) is 35.9 Å². The highest BCUT2D eigenvalue weighted by Crippen LogP contribution is 2.53. The minimum atomic E-state index is -0.0523. The fraction of sp³-hybridized carbons (Fsp3) is 0.619. The zero-order valence-electron chi connectivity index (χ0n) is 15.7. The summed E-state index contributed by atoms with van der Waals surface area (Å²) in [7, 11) is 0. The van der Waals surface area contributed by atoms with Gasteiger partial charge in [-0.15, -0.1) is 0 Å². The van der Waals surface area contributed by atoms with E-state index in [9.17, 15) is 4.79 Å². The topological polar surface area (TPSA) is 66.0 Å². The number of hydrogen-bond acceptors (Lipinski definition) is 4. The van der Waals surface area contributed by atoms with Gasteiger partial charge in [-0.2, -0.15) is 5.43 Å². The maximum absolute atomic E-state index is 12.4. The molecule has 2 saturated heterocycles. The van der Waals surface area contributed by atoms with Crippen molar-refractivity contribution in [2.75, 3.05) is 19.6 Å². The van der Waals surface area contributed by atoms with Crippen molar-refractivity contribution >= 4 is 11.9 Å². The molecule has 6 nitrogen and oxygen atoms in total. The predicted octanol–water partition coefficient (Wildman–Crippen LogP) is 2.39. The molecule has 144 valence electrons. The van der Waals surface area contributed by atoms with Gasteiger partial charge in [-0.25, -0.2) is 4.99 Å². The average Bonchev–Trinajstić information content (AvgIpc) is 3.25. The molecule has 1 aromatic rings. The highest BCUT2D eigenvalue weighted by Gasteiger charge is 2.45. The summed E-state index contributed by atoms with van der Waals surface area (Å²) in [5.74, 6) is 1.21. The van der Waals surface area contributed by atoms with Crippen LogP contribution in [-0.4, -0.2) is 42.7 Å². The van der Waals surface area contributed by atoms with Gasteiger partial charge < -0.3 is 9.64 Å². The lowest BCUT2D eigenvalue weighted by atomic mass is 9.70. The maximum Gasteiger partial charge on any atom is 0.301 e. The summed E-state index contributed by atoms with van der Waals surface area (Å²) in [5.41, 5.74) is 8.18. The number of ether oxygens (including phenoxy) is 1. The Kier molecular flexibility index (Phi) is 4.31. The van der Waals surface area contributed by atoms with E-state index in [1.54, 1.807) is 0 Å². The van der Waals surface area contributed by atoms with Crippen LogP contribution in [0.25, 0.3) is 0 Å². The van der Waals surface area contributed by atoms with Gasteiger partial charge in [-0.05, 0) is 55.4 Å². The van der Waals surface area contributed by atoms with Gasteiger partial charge in [0.05, 0.1) is 0 Å². The molecule has 0 bridgehead atoms. The van der Waals surface area contributed by atoms with Gasteiger partial charge in [0.2, 0.25) is 5.91 Å². The van der Waals surface area contributed by atoms with Crippen LogP contribution in [0.1, 0.15) is 50.0 Å². The van der Waals surface area contributed by atoms with Crippen LogP contribution in [0.4, 0.5) is 0 Å². The summed E-state index contributed by atoms with van der Waals surface area (Å²) in [6.07, 6.45) is 7.22. The average molecular weight is 368 g/mol.